The number of allylic oxidation sites excluding steroid dienone is 6. The first-order valence-corrected chi connectivity index (χ1v) is 7.42. The molecule has 3 heteroatoms. The number of carbonyl (C=O) groups is 2. The van der Waals surface area contributed by atoms with E-state index in [1.165, 1.54) is 17.2 Å². The third-order valence-corrected chi connectivity index (χ3v) is 3.45. The first-order valence-electron chi connectivity index (χ1n) is 7.42. The monoisotopic (exact) mass is 300 g/mol. The van der Waals surface area contributed by atoms with E-state index in [4.69, 9.17) is 0 Å². The van der Waals surface area contributed by atoms with Crippen molar-refractivity contribution in [2.24, 2.45) is 5.92 Å². The molecule has 0 aromatic heterocycles. The lowest BCUT2D eigenvalue weighted by Crippen LogP contribution is -2.10. The zero-order valence-electron chi connectivity index (χ0n) is 13.6. The summed E-state index contributed by atoms with van der Waals surface area (Å²) in [6.07, 6.45) is 9.59. The van der Waals surface area contributed by atoms with Crippen molar-refractivity contribution in [3.8, 4) is 0 Å². The summed E-state index contributed by atoms with van der Waals surface area (Å²) in [5.41, 5.74) is 3.69. The topological polar surface area (TPSA) is 43.4 Å². The molecule has 0 aromatic carbocycles. The molecule has 1 unspecified atom stereocenters. The average molecular weight is 300 g/mol. The van der Waals surface area contributed by atoms with Gasteiger partial charge in [-0.05, 0) is 40.0 Å². The molecule has 0 radical (unpaired) electrons. The Bertz CT molecular complexity index is 569. The highest BCUT2D eigenvalue weighted by Crippen LogP contribution is 2.27. The third kappa shape index (κ3) is 5.68. The highest BCUT2D eigenvalue weighted by atomic mass is 16.6. The fourth-order valence-electron chi connectivity index (χ4n) is 2.26. The molecule has 0 saturated carbocycles. The number of rotatable bonds is 8. The minimum Gasteiger partial charge on any atom is -0.386 e. The molecule has 1 aliphatic heterocycles. The lowest BCUT2D eigenvalue weighted by molar-refractivity contribution is -0.150. The summed E-state index contributed by atoms with van der Waals surface area (Å²) in [7, 11) is 0. The first kappa shape index (κ1) is 17.9. The number of esters is 2. The highest BCUT2D eigenvalue weighted by molar-refractivity contribution is 6.09. The summed E-state index contributed by atoms with van der Waals surface area (Å²) >= 11 is 0. The van der Waals surface area contributed by atoms with Crippen LogP contribution in [0.2, 0.25) is 0 Å². The Morgan fingerprint density at radius 3 is 2.50 bits per heavy atom. The zero-order chi connectivity index (χ0) is 16.7. The number of carbonyl (C=O) groups excluding carboxylic acids is 2. The molecule has 1 rings (SSSR count). The Morgan fingerprint density at radius 2 is 2.00 bits per heavy atom. The van der Waals surface area contributed by atoms with E-state index in [1.807, 2.05) is 13.0 Å². The average Bonchev–Trinajstić information content (AvgIpc) is 2.76. The van der Waals surface area contributed by atoms with Crippen LogP contribution in [0.3, 0.4) is 0 Å². The summed E-state index contributed by atoms with van der Waals surface area (Å²) in [6.45, 7) is 13.8. The minimum atomic E-state index is -0.593. The van der Waals surface area contributed by atoms with Crippen LogP contribution in [0.15, 0.2) is 59.8 Å². The number of cyclic esters (lactones) is 2. The summed E-state index contributed by atoms with van der Waals surface area (Å²) in [5, 5.41) is 0. The van der Waals surface area contributed by atoms with Crippen molar-refractivity contribution in [3.63, 3.8) is 0 Å². The van der Waals surface area contributed by atoms with Gasteiger partial charge in [-0.3, -0.25) is 0 Å². The molecule has 0 saturated heterocycles. The van der Waals surface area contributed by atoms with Gasteiger partial charge in [-0.1, -0.05) is 48.1 Å². The molecule has 118 valence electrons. The number of hydrogen-bond acceptors (Lipinski definition) is 3. The molecule has 0 spiro atoms. The van der Waals surface area contributed by atoms with Crippen molar-refractivity contribution in [2.75, 3.05) is 0 Å². The maximum atomic E-state index is 11.8. The Hall–Kier alpha value is -2.16. The van der Waals surface area contributed by atoms with Gasteiger partial charge in [-0.25, -0.2) is 9.59 Å². The molecule has 0 fully saturated rings. The molecule has 1 aliphatic rings. The van der Waals surface area contributed by atoms with Crippen LogP contribution in [0, 0.1) is 5.92 Å². The van der Waals surface area contributed by atoms with Gasteiger partial charge in [0.25, 0.3) is 0 Å². The second kappa shape index (κ2) is 8.32. The summed E-state index contributed by atoms with van der Waals surface area (Å²) < 4.78 is 4.60. The molecule has 0 aliphatic carbocycles. The smallest absolute Gasteiger partial charge is 0.342 e. The van der Waals surface area contributed by atoms with E-state index in [0.717, 1.165) is 18.4 Å². The molecular formula is C19H24O3. The van der Waals surface area contributed by atoms with Crippen LogP contribution in [0.25, 0.3) is 0 Å². The van der Waals surface area contributed by atoms with Gasteiger partial charge in [0.2, 0.25) is 0 Å². The van der Waals surface area contributed by atoms with Crippen molar-refractivity contribution < 1.29 is 14.3 Å². The van der Waals surface area contributed by atoms with Crippen molar-refractivity contribution in [2.45, 2.75) is 40.0 Å². The predicted octanol–water partition coefficient (Wildman–Crippen LogP) is 4.44. The molecule has 3 nitrogen and oxygen atoms in total. The van der Waals surface area contributed by atoms with Crippen LogP contribution in [0.4, 0.5) is 0 Å². The van der Waals surface area contributed by atoms with Gasteiger partial charge >= 0.3 is 11.9 Å². The van der Waals surface area contributed by atoms with E-state index in [-0.39, 0.29) is 5.92 Å². The van der Waals surface area contributed by atoms with Crippen LogP contribution in [-0.4, -0.2) is 11.9 Å². The largest absolute Gasteiger partial charge is 0.386 e. The van der Waals surface area contributed by atoms with Crippen molar-refractivity contribution in [1.82, 2.24) is 0 Å². The molecule has 22 heavy (non-hydrogen) atoms. The first-order chi connectivity index (χ1) is 10.3. The van der Waals surface area contributed by atoms with E-state index < -0.39 is 11.9 Å². The highest BCUT2D eigenvalue weighted by Gasteiger charge is 2.29. The standard InChI is InChI=1S/C19H24O3/c1-6-14(4)10-16(17-12-18(20)22-19(17)21)11-15(5)9-7-8-13(2)3/h6,8,11-12,16H,1,4,7,9-10H2,2-3,5H3. The summed E-state index contributed by atoms with van der Waals surface area (Å²) in [4.78, 5) is 23.0. The Kier molecular flexibility index (Phi) is 6.77. The molecule has 1 atom stereocenters. The van der Waals surface area contributed by atoms with E-state index in [1.54, 1.807) is 6.08 Å². The van der Waals surface area contributed by atoms with Crippen LogP contribution in [-0.2, 0) is 14.3 Å². The molecular weight excluding hydrogens is 276 g/mol. The van der Waals surface area contributed by atoms with Crippen LogP contribution in [0.5, 0.6) is 0 Å². The van der Waals surface area contributed by atoms with Crippen molar-refractivity contribution in [1.29, 1.82) is 0 Å². The van der Waals surface area contributed by atoms with E-state index in [9.17, 15) is 9.59 Å². The summed E-state index contributed by atoms with van der Waals surface area (Å²) in [6, 6.07) is 0. The van der Waals surface area contributed by atoms with Crippen LogP contribution in [0.1, 0.15) is 40.0 Å². The van der Waals surface area contributed by atoms with E-state index in [0.29, 0.717) is 12.0 Å². The Balaban J connectivity index is 2.91. The fraction of sp³-hybridized carbons (Fsp3) is 0.368. The maximum Gasteiger partial charge on any atom is 0.342 e. The maximum absolute atomic E-state index is 11.8. The van der Waals surface area contributed by atoms with Gasteiger partial charge in [0, 0.05) is 12.0 Å². The fourth-order valence-corrected chi connectivity index (χ4v) is 2.26. The lowest BCUT2D eigenvalue weighted by Gasteiger charge is -2.14. The van der Waals surface area contributed by atoms with Gasteiger partial charge < -0.3 is 4.74 Å². The third-order valence-electron chi connectivity index (χ3n) is 3.45. The number of hydrogen-bond donors (Lipinski definition) is 0. The molecule has 0 bridgehead atoms. The van der Waals surface area contributed by atoms with Gasteiger partial charge in [0.15, 0.2) is 0 Å². The number of ether oxygens (including phenoxy) is 1. The van der Waals surface area contributed by atoms with Crippen molar-refractivity contribution in [3.05, 3.63) is 59.8 Å². The Morgan fingerprint density at radius 1 is 1.32 bits per heavy atom. The SMILES string of the molecule is C=CC(=C)CC(C=C(C)CCC=C(C)C)C1=CC(=O)OC1=O. The van der Waals surface area contributed by atoms with Crippen LogP contribution >= 0.6 is 0 Å². The zero-order valence-corrected chi connectivity index (χ0v) is 13.6. The minimum absolute atomic E-state index is 0.198. The second-order valence-electron chi connectivity index (χ2n) is 5.81. The van der Waals surface area contributed by atoms with Crippen molar-refractivity contribution >= 4 is 11.9 Å². The van der Waals surface area contributed by atoms with Gasteiger partial charge in [0.1, 0.15) is 0 Å². The predicted molar refractivity (Wildman–Crippen MR) is 89.0 cm³/mol. The molecule has 0 aromatic rings. The van der Waals surface area contributed by atoms with Gasteiger partial charge in [-0.2, -0.15) is 0 Å². The van der Waals surface area contributed by atoms with Crippen LogP contribution < -0.4 is 0 Å². The molecule has 1 heterocycles. The Labute approximate surface area is 132 Å². The second-order valence-corrected chi connectivity index (χ2v) is 5.81. The molecule has 0 amide bonds. The van der Waals surface area contributed by atoms with E-state index in [2.05, 4.69) is 37.8 Å². The van der Waals surface area contributed by atoms with Gasteiger partial charge in [0.05, 0.1) is 5.57 Å². The molecule has 0 N–H and O–H groups in total. The van der Waals surface area contributed by atoms with Gasteiger partial charge in [-0.15, -0.1) is 0 Å². The normalized spacial score (nSPS) is 16.0. The summed E-state index contributed by atoms with van der Waals surface area (Å²) in [5.74, 6) is -1.35. The lowest BCUT2D eigenvalue weighted by atomic mass is 9.89. The quantitative estimate of drug-likeness (QED) is 0.288. The van der Waals surface area contributed by atoms with E-state index >= 15 is 0 Å².